The van der Waals surface area contributed by atoms with E-state index < -0.39 is 0 Å². The monoisotopic (exact) mass is 803 g/mol. The molecule has 0 N–H and O–H groups in total. The smallest absolute Gasteiger partial charge is 0.0465 e. The summed E-state index contributed by atoms with van der Waals surface area (Å²) in [6, 6.07) is 74.3. The van der Waals surface area contributed by atoms with Gasteiger partial charge in [0, 0.05) is 22.5 Å². The first-order chi connectivity index (χ1) is 29.8. The molecule has 1 aliphatic carbocycles. The van der Waals surface area contributed by atoms with E-state index >= 15 is 0 Å². The molecule has 1 heteroatoms. The Morgan fingerprint density at radius 1 is 0.371 bits per heavy atom. The van der Waals surface area contributed by atoms with Crippen molar-refractivity contribution in [2.24, 2.45) is 0 Å². The standard InChI is InChI=1S/C61H57N/c1-59(2,3)48-31-23-42(24-32-48)44-27-35-50(36-28-44)62(51-37-29-45(30-38-51)43-25-33-49(34-26-43)60(4,5)6)52-39-40-54-56(41-52)61(7,8)55-22-16-15-21-53(55)58(54)57(46-17-11-9-12-18-46)47-19-13-10-14-20-47/h9-41H,1-8H3. The molecule has 0 saturated carbocycles. The molecule has 9 rings (SSSR count). The molecular formula is C61H57N. The van der Waals surface area contributed by atoms with Gasteiger partial charge < -0.3 is 4.90 Å². The van der Waals surface area contributed by atoms with Gasteiger partial charge >= 0.3 is 0 Å². The van der Waals surface area contributed by atoms with Crippen LogP contribution in [-0.4, -0.2) is 0 Å². The summed E-state index contributed by atoms with van der Waals surface area (Å²) in [5, 5.41) is 0. The fourth-order valence-corrected chi connectivity index (χ4v) is 9.26. The Morgan fingerprint density at radius 2 is 0.742 bits per heavy atom. The minimum Gasteiger partial charge on any atom is -0.310 e. The first kappa shape index (κ1) is 40.7. The normalized spacial score (nSPS) is 13.3. The Labute approximate surface area is 370 Å². The lowest BCUT2D eigenvalue weighted by molar-refractivity contribution is 0.590. The van der Waals surface area contributed by atoms with E-state index in [4.69, 9.17) is 0 Å². The van der Waals surface area contributed by atoms with Crippen molar-refractivity contribution in [3.8, 4) is 22.3 Å². The zero-order valence-electron chi connectivity index (χ0n) is 37.5. The Balaban J connectivity index is 1.21. The number of rotatable bonds is 7. The molecule has 1 aliphatic rings. The summed E-state index contributed by atoms with van der Waals surface area (Å²) in [6.45, 7) is 18.4. The van der Waals surface area contributed by atoms with Gasteiger partial charge in [-0.25, -0.2) is 0 Å². The van der Waals surface area contributed by atoms with Crippen molar-refractivity contribution in [3.05, 3.63) is 245 Å². The number of anilines is 3. The van der Waals surface area contributed by atoms with E-state index in [1.165, 1.54) is 77.9 Å². The van der Waals surface area contributed by atoms with Gasteiger partial charge in [-0.1, -0.05) is 219 Å². The summed E-state index contributed by atoms with van der Waals surface area (Å²) in [5.41, 5.74) is 21.0. The first-order valence-corrected chi connectivity index (χ1v) is 22.1. The van der Waals surface area contributed by atoms with E-state index in [2.05, 4.69) is 260 Å². The molecule has 1 nitrogen and oxygen atoms in total. The third-order valence-electron chi connectivity index (χ3n) is 12.9. The SMILES string of the molecule is CC(C)(C)c1ccc(-c2ccc(N(c3ccc(-c4ccc(C(C)(C)C)cc4)cc3)c3ccc4c(c3)C(C)(C)c3ccccc3C4=C(c3ccccc3)c3ccccc3)cc2)cc1. The van der Waals surface area contributed by atoms with Gasteiger partial charge in [-0.3, -0.25) is 0 Å². The van der Waals surface area contributed by atoms with Gasteiger partial charge in [0.15, 0.2) is 0 Å². The largest absolute Gasteiger partial charge is 0.310 e. The third kappa shape index (κ3) is 7.73. The molecule has 0 fully saturated rings. The summed E-state index contributed by atoms with van der Waals surface area (Å²) in [4.78, 5) is 2.43. The van der Waals surface area contributed by atoms with Gasteiger partial charge in [-0.2, -0.15) is 0 Å². The van der Waals surface area contributed by atoms with Crippen LogP contribution in [0.2, 0.25) is 0 Å². The topological polar surface area (TPSA) is 3.24 Å². The predicted molar refractivity (Wildman–Crippen MR) is 266 cm³/mol. The highest BCUT2D eigenvalue weighted by Crippen LogP contribution is 2.51. The second-order valence-electron chi connectivity index (χ2n) is 19.5. The maximum Gasteiger partial charge on any atom is 0.0465 e. The lowest BCUT2D eigenvalue weighted by atomic mass is 9.65. The van der Waals surface area contributed by atoms with E-state index in [-0.39, 0.29) is 16.2 Å². The van der Waals surface area contributed by atoms with E-state index in [0.717, 1.165) is 17.1 Å². The molecule has 8 aromatic rings. The molecule has 0 spiro atoms. The molecule has 8 aromatic carbocycles. The molecule has 0 aromatic heterocycles. The number of benzene rings is 8. The zero-order valence-corrected chi connectivity index (χ0v) is 37.5. The van der Waals surface area contributed by atoms with Crippen molar-refractivity contribution in [3.63, 3.8) is 0 Å². The van der Waals surface area contributed by atoms with E-state index in [9.17, 15) is 0 Å². The summed E-state index contributed by atoms with van der Waals surface area (Å²) in [6.07, 6.45) is 0. The molecule has 62 heavy (non-hydrogen) atoms. The Bertz CT molecular complexity index is 2720. The number of hydrogen-bond acceptors (Lipinski definition) is 1. The van der Waals surface area contributed by atoms with Crippen LogP contribution in [0.4, 0.5) is 17.1 Å². The highest BCUT2D eigenvalue weighted by molar-refractivity contribution is 6.07. The fraction of sp³-hybridized carbons (Fsp3) is 0.180. The van der Waals surface area contributed by atoms with Crippen LogP contribution in [0.1, 0.15) is 99.9 Å². The molecule has 0 heterocycles. The number of nitrogens with zero attached hydrogens (tertiary/aromatic N) is 1. The number of fused-ring (bicyclic) bond motifs is 2. The summed E-state index contributed by atoms with van der Waals surface area (Å²) in [7, 11) is 0. The summed E-state index contributed by atoms with van der Waals surface area (Å²) >= 11 is 0. The highest BCUT2D eigenvalue weighted by Gasteiger charge is 2.37. The molecule has 0 amide bonds. The fourth-order valence-electron chi connectivity index (χ4n) is 9.26. The van der Waals surface area contributed by atoms with E-state index in [0.29, 0.717) is 0 Å². The van der Waals surface area contributed by atoms with E-state index in [1.54, 1.807) is 0 Å². The van der Waals surface area contributed by atoms with Gasteiger partial charge in [0.25, 0.3) is 0 Å². The van der Waals surface area contributed by atoms with Crippen LogP contribution in [0.3, 0.4) is 0 Å². The van der Waals surface area contributed by atoms with Gasteiger partial charge in [0.2, 0.25) is 0 Å². The van der Waals surface area contributed by atoms with Gasteiger partial charge in [-0.15, -0.1) is 0 Å². The second-order valence-corrected chi connectivity index (χ2v) is 19.5. The Morgan fingerprint density at radius 3 is 1.18 bits per heavy atom. The molecule has 0 aliphatic heterocycles. The van der Waals surface area contributed by atoms with Crippen LogP contribution in [-0.2, 0) is 16.2 Å². The molecule has 0 bridgehead atoms. The molecular weight excluding hydrogens is 747 g/mol. The minimum absolute atomic E-state index is 0.112. The average Bonchev–Trinajstić information content (AvgIpc) is 3.29. The third-order valence-corrected chi connectivity index (χ3v) is 12.9. The van der Waals surface area contributed by atoms with Gasteiger partial charge in [0.05, 0.1) is 0 Å². The van der Waals surface area contributed by atoms with Crippen molar-refractivity contribution >= 4 is 28.2 Å². The molecule has 0 radical (unpaired) electrons. The second kappa shape index (κ2) is 16.0. The van der Waals surface area contributed by atoms with Crippen LogP contribution in [0.25, 0.3) is 33.4 Å². The molecule has 0 atom stereocenters. The van der Waals surface area contributed by atoms with Crippen molar-refractivity contribution in [1.29, 1.82) is 0 Å². The van der Waals surface area contributed by atoms with Crippen molar-refractivity contribution in [2.45, 2.75) is 71.6 Å². The molecule has 0 unspecified atom stereocenters. The first-order valence-electron chi connectivity index (χ1n) is 22.1. The van der Waals surface area contributed by atoms with E-state index in [1.807, 2.05) is 0 Å². The van der Waals surface area contributed by atoms with Crippen LogP contribution in [0.5, 0.6) is 0 Å². The maximum absolute atomic E-state index is 2.46. The Hall–Kier alpha value is -6.70. The lowest BCUT2D eigenvalue weighted by Crippen LogP contribution is -2.27. The van der Waals surface area contributed by atoms with Crippen LogP contribution in [0, 0.1) is 0 Å². The quantitative estimate of drug-likeness (QED) is 0.155. The van der Waals surface area contributed by atoms with Gasteiger partial charge in [-0.05, 0) is 125 Å². The molecule has 306 valence electrons. The lowest BCUT2D eigenvalue weighted by Gasteiger charge is -2.39. The van der Waals surface area contributed by atoms with Crippen molar-refractivity contribution in [1.82, 2.24) is 0 Å². The summed E-state index contributed by atoms with van der Waals surface area (Å²) in [5.74, 6) is 0. The Kier molecular flexibility index (Phi) is 10.5. The zero-order chi connectivity index (χ0) is 43.2. The van der Waals surface area contributed by atoms with Crippen molar-refractivity contribution < 1.29 is 0 Å². The van der Waals surface area contributed by atoms with Crippen molar-refractivity contribution in [2.75, 3.05) is 4.90 Å². The molecule has 0 saturated heterocycles. The maximum atomic E-state index is 2.46. The minimum atomic E-state index is -0.262. The number of hydrogen-bond donors (Lipinski definition) is 0. The van der Waals surface area contributed by atoms with Crippen LogP contribution < -0.4 is 4.90 Å². The highest BCUT2D eigenvalue weighted by atomic mass is 15.1. The van der Waals surface area contributed by atoms with Crippen LogP contribution >= 0.6 is 0 Å². The van der Waals surface area contributed by atoms with Crippen LogP contribution in [0.15, 0.2) is 200 Å². The predicted octanol–water partition coefficient (Wildman–Crippen LogP) is 16.7. The van der Waals surface area contributed by atoms with Gasteiger partial charge in [0.1, 0.15) is 0 Å². The average molecular weight is 804 g/mol. The summed E-state index contributed by atoms with van der Waals surface area (Å²) < 4.78 is 0.